The number of ether oxygens (including phenoxy) is 1. The molecule has 0 spiro atoms. The topological polar surface area (TPSA) is 85.2 Å². The molecule has 0 aromatic carbocycles. The van der Waals surface area contributed by atoms with Crippen molar-refractivity contribution in [1.29, 1.82) is 0 Å². The summed E-state index contributed by atoms with van der Waals surface area (Å²) in [5, 5.41) is 18.9. The number of hydrogen-bond acceptors (Lipinski definition) is 6. The fourth-order valence-corrected chi connectivity index (χ4v) is 2.75. The van der Waals surface area contributed by atoms with E-state index in [0.29, 0.717) is 0 Å². The van der Waals surface area contributed by atoms with Gasteiger partial charge in [0, 0.05) is 0 Å². The van der Waals surface area contributed by atoms with Crippen LogP contribution in [0.3, 0.4) is 0 Å². The lowest BCUT2D eigenvalue weighted by molar-refractivity contribution is -0.146. The van der Waals surface area contributed by atoms with Crippen LogP contribution < -0.4 is 0 Å². The highest BCUT2D eigenvalue weighted by Crippen LogP contribution is 2.23. The first-order valence-corrected chi connectivity index (χ1v) is 10.4. The highest BCUT2D eigenvalue weighted by Gasteiger charge is 2.40. The van der Waals surface area contributed by atoms with Gasteiger partial charge in [-0.2, -0.15) is 0 Å². The lowest BCUT2D eigenvalue weighted by atomic mass is 10.2. The first-order valence-electron chi connectivity index (χ1n) is 5.55. The second kappa shape index (κ2) is 6.37. The summed E-state index contributed by atoms with van der Waals surface area (Å²) >= 11 is 0. The Balaban J connectivity index is 2.74. The molecule has 6 nitrogen and oxygen atoms in total. The summed E-state index contributed by atoms with van der Waals surface area (Å²) in [7, 11) is -1.96. The predicted molar refractivity (Wildman–Crippen MR) is 68.0 cm³/mol. The van der Waals surface area contributed by atoms with Crippen molar-refractivity contribution >= 4 is 24.0 Å². The van der Waals surface area contributed by atoms with Crippen LogP contribution in [0.25, 0.3) is 0 Å². The summed E-state index contributed by atoms with van der Waals surface area (Å²) < 4.78 is 16.1. The average Bonchev–Trinajstić information content (AvgIpc) is 2.51. The number of aliphatic hydroxyl groups excluding tert-OH is 2. The summed E-state index contributed by atoms with van der Waals surface area (Å²) in [6.45, 7) is 8.03. The molecule has 2 N–H and O–H groups in total. The Morgan fingerprint density at radius 1 is 1.28 bits per heavy atom. The van der Waals surface area contributed by atoms with Crippen molar-refractivity contribution < 1.29 is 28.6 Å². The summed E-state index contributed by atoms with van der Waals surface area (Å²) in [4.78, 5) is 11.2. The number of aliphatic hydroxyl groups is 2. The maximum atomic E-state index is 11.2. The average molecular weight is 290 g/mol. The maximum absolute atomic E-state index is 11.2. The molecular weight excluding hydrogens is 272 g/mol. The van der Waals surface area contributed by atoms with Crippen molar-refractivity contribution in [2.45, 2.75) is 38.4 Å². The predicted octanol–water partition coefficient (Wildman–Crippen LogP) is 1.14. The van der Waals surface area contributed by atoms with E-state index in [9.17, 15) is 15.0 Å². The molecule has 1 aliphatic heterocycles. The molecule has 0 bridgehead atoms. The zero-order chi connectivity index (χ0) is 13.9. The molecule has 0 aromatic rings. The van der Waals surface area contributed by atoms with E-state index in [1.165, 1.54) is 0 Å². The number of hydrogen-bond donors (Lipinski definition) is 2. The van der Waals surface area contributed by atoms with Gasteiger partial charge in [-0.15, -0.1) is 0 Å². The summed E-state index contributed by atoms with van der Waals surface area (Å²) in [6, 6.07) is 0. The summed E-state index contributed by atoms with van der Waals surface area (Å²) in [6.07, 6.45) is -1.55. The third kappa shape index (κ3) is 3.84. The molecule has 1 rings (SSSR count). The van der Waals surface area contributed by atoms with Crippen molar-refractivity contribution in [2.75, 3.05) is 6.61 Å². The fraction of sp³-hybridized carbons (Fsp3) is 0.700. The number of cyclic esters (lactones) is 1. The van der Waals surface area contributed by atoms with E-state index < -0.39 is 47.8 Å². The van der Waals surface area contributed by atoms with E-state index in [0.717, 1.165) is 0 Å². The van der Waals surface area contributed by atoms with E-state index in [1.54, 1.807) is 0 Å². The van der Waals surface area contributed by atoms with Crippen LogP contribution in [0.4, 0.5) is 0 Å². The van der Waals surface area contributed by atoms with Gasteiger partial charge in [-0.3, -0.25) is 0 Å². The fourth-order valence-electron chi connectivity index (χ4n) is 1.45. The van der Waals surface area contributed by atoms with Gasteiger partial charge in [0.1, 0.15) is 6.10 Å². The molecule has 0 amide bonds. The monoisotopic (exact) mass is 290 g/mol. The standard InChI is InChI=1S/C10H18O6Si2/c1-17(2)14-5-6(16-18(3)4)9-7(11)8(12)10(13)15-9/h6,9,11-12H,5H2,1-4H3/t6-,9+/m0/s1. The number of carbonyl (C=O) groups is 1. The maximum Gasteiger partial charge on any atom is 0.377 e. The Labute approximate surface area is 110 Å². The Morgan fingerprint density at radius 3 is 2.28 bits per heavy atom. The van der Waals surface area contributed by atoms with Crippen molar-refractivity contribution in [3.63, 3.8) is 0 Å². The largest absolute Gasteiger partial charge is 0.505 e. The molecule has 0 unspecified atom stereocenters. The van der Waals surface area contributed by atoms with Crippen LogP contribution in [0.1, 0.15) is 0 Å². The zero-order valence-corrected chi connectivity index (χ0v) is 12.9. The molecule has 2 atom stereocenters. The summed E-state index contributed by atoms with van der Waals surface area (Å²) in [5.74, 6) is -2.14. The molecule has 1 aliphatic rings. The van der Waals surface area contributed by atoms with Gasteiger partial charge in [-0.05, 0) is 26.2 Å². The molecule has 0 saturated heterocycles. The SMILES string of the molecule is C[Si](C)OC[C@H](O[Si](C)C)[C@H]1OC(=O)C(O)=C1O. The van der Waals surface area contributed by atoms with Gasteiger partial charge in [-0.1, -0.05) is 0 Å². The van der Waals surface area contributed by atoms with Crippen LogP contribution >= 0.6 is 0 Å². The van der Waals surface area contributed by atoms with Gasteiger partial charge in [0.2, 0.25) is 23.8 Å². The van der Waals surface area contributed by atoms with Crippen LogP contribution in [0.15, 0.2) is 11.5 Å². The normalized spacial score (nSPS) is 21.9. The van der Waals surface area contributed by atoms with E-state index in [1.807, 2.05) is 26.2 Å². The van der Waals surface area contributed by atoms with Crippen LogP contribution in [0.5, 0.6) is 0 Å². The van der Waals surface area contributed by atoms with Gasteiger partial charge < -0.3 is 23.8 Å². The number of esters is 1. The Bertz CT molecular complexity index is 341. The second-order valence-electron chi connectivity index (χ2n) is 4.34. The molecule has 102 valence electrons. The third-order valence-corrected chi connectivity index (χ3v) is 3.72. The first kappa shape index (κ1) is 15.2. The Hall–Kier alpha value is -0.836. The van der Waals surface area contributed by atoms with Crippen LogP contribution in [-0.2, 0) is 18.4 Å². The minimum absolute atomic E-state index is 0.229. The first-order chi connectivity index (χ1) is 8.32. The minimum Gasteiger partial charge on any atom is -0.505 e. The molecule has 0 saturated carbocycles. The highest BCUT2D eigenvalue weighted by molar-refractivity contribution is 6.49. The van der Waals surface area contributed by atoms with Gasteiger partial charge in [0.15, 0.2) is 11.9 Å². The van der Waals surface area contributed by atoms with E-state index in [-0.39, 0.29) is 6.61 Å². The molecule has 1 heterocycles. The zero-order valence-electron chi connectivity index (χ0n) is 10.9. The molecule has 2 radical (unpaired) electrons. The van der Waals surface area contributed by atoms with E-state index in [4.69, 9.17) is 13.6 Å². The van der Waals surface area contributed by atoms with Crippen LogP contribution in [0.2, 0.25) is 26.2 Å². The quantitative estimate of drug-likeness (QED) is 0.564. The Morgan fingerprint density at radius 2 is 1.89 bits per heavy atom. The minimum atomic E-state index is -1.05. The van der Waals surface area contributed by atoms with E-state index >= 15 is 0 Å². The van der Waals surface area contributed by atoms with Crippen molar-refractivity contribution in [3.8, 4) is 0 Å². The van der Waals surface area contributed by atoms with E-state index in [2.05, 4.69) is 0 Å². The Kier molecular flexibility index (Phi) is 5.38. The number of rotatable bonds is 6. The highest BCUT2D eigenvalue weighted by atomic mass is 28.3. The molecule has 0 fully saturated rings. The third-order valence-electron chi connectivity index (χ3n) is 2.20. The second-order valence-corrected chi connectivity index (χ2v) is 8.50. The lowest BCUT2D eigenvalue weighted by Crippen LogP contribution is -2.39. The van der Waals surface area contributed by atoms with Crippen LogP contribution in [0, 0.1) is 0 Å². The molecule has 0 aliphatic carbocycles. The smallest absolute Gasteiger partial charge is 0.377 e. The van der Waals surface area contributed by atoms with Crippen molar-refractivity contribution in [1.82, 2.24) is 0 Å². The van der Waals surface area contributed by atoms with Crippen molar-refractivity contribution in [3.05, 3.63) is 11.5 Å². The summed E-state index contributed by atoms with van der Waals surface area (Å²) in [5.41, 5.74) is 0. The van der Waals surface area contributed by atoms with Crippen LogP contribution in [-0.4, -0.2) is 53.1 Å². The van der Waals surface area contributed by atoms with Gasteiger partial charge in [0.25, 0.3) is 0 Å². The lowest BCUT2D eigenvalue weighted by Gasteiger charge is -2.25. The van der Waals surface area contributed by atoms with Gasteiger partial charge in [-0.25, -0.2) is 4.79 Å². The van der Waals surface area contributed by atoms with Crippen molar-refractivity contribution in [2.24, 2.45) is 0 Å². The molecule has 18 heavy (non-hydrogen) atoms. The van der Waals surface area contributed by atoms with Gasteiger partial charge in [0.05, 0.1) is 6.61 Å². The number of carbonyl (C=O) groups excluding carboxylic acids is 1. The molecule has 8 heteroatoms. The molecule has 0 aromatic heterocycles. The molecular formula is C10H18O6Si2. The van der Waals surface area contributed by atoms with Gasteiger partial charge >= 0.3 is 5.97 Å².